The number of alkyl halides is 1. The van der Waals surface area contributed by atoms with Crippen molar-refractivity contribution >= 4 is 72.1 Å². The van der Waals surface area contributed by atoms with Gasteiger partial charge in [-0.25, -0.2) is 19.3 Å². The molecule has 2 fully saturated rings. The zero-order valence-corrected chi connectivity index (χ0v) is 25.4. The van der Waals surface area contributed by atoms with Gasteiger partial charge in [0.2, 0.25) is 5.95 Å². The van der Waals surface area contributed by atoms with Gasteiger partial charge in [0.15, 0.2) is 41.3 Å². The first-order valence-corrected chi connectivity index (χ1v) is 17.5. The molecule has 3 unspecified atom stereocenters. The van der Waals surface area contributed by atoms with Crippen molar-refractivity contribution < 1.29 is 42.0 Å². The summed E-state index contributed by atoms with van der Waals surface area (Å²) in [6, 6.07) is 0. The second-order valence-corrected chi connectivity index (χ2v) is 14.1. The van der Waals surface area contributed by atoms with Crippen LogP contribution in [-0.4, -0.2) is 98.3 Å². The van der Waals surface area contributed by atoms with Gasteiger partial charge in [-0.05, 0) is 16.4 Å². The van der Waals surface area contributed by atoms with Gasteiger partial charge in [0.1, 0.15) is 49.0 Å². The Labute approximate surface area is 255 Å². The summed E-state index contributed by atoms with van der Waals surface area (Å²) in [5, 5.41) is 18.3. The maximum Gasteiger partial charge on any atom is 0.582 e. The topological polar surface area (TPSA) is 276 Å². The maximum absolute atomic E-state index is 15.2. The fraction of sp³-hybridized carbons (Fsp3) is 0.526. The van der Waals surface area contributed by atoms with E-state index in [1.807, 2.05) is 0 Å². The van der Waals surface area contributed by atoms with Crippen LogP contribution < -0.4 is 17.0 Å². The number of imidazole rings is 1. The average molecular weight is 695 g/mol. The minimum atomic E-state index is -4.15. The zero-order valence-electron chi connectivity index (χ0n) is 21.9. The molecule has 0 amide bonds. The summed E-state index contributed by atoms with van der Waals surface area (Å²) in [6.07, 6.45) is -6.87. The number of aromatic nitrogens is 9. The van der Waals surface area contributed by atoms with Gasteiger partial charge in [-0.1, -0.05) is 5.21 Å². The van der Waals surface area contributed by atoms with Gasteiger partial charge >= 0.3 is 13.9 Å². The molecule has 4 aromatic rings. The highest BCUT2D eigenvalue weighted by molar-refractivity contribution is 8.39. The van der Waals surface area contributed by atoms with E-state index in [4.69, 9.17) is 46.3 Å². The Kier molecular flexibility index (Phi) is 8.63. The summed E-state index contributed by atoms with van der Waals surface area (Å²) in [5.41, 5.74) is 11.0. The number of aliphatic hydroxyl groups excluding tert-OH is 1. The van der Waals surface area contributed by atoms with Crippen molar-refractivity contribution in [1.82, 2.24) is 44.5 Å². The number of nitrogens with two attached hydrogens (primary N) is 2. The Bertz CT molecular complexity index is 1830. The Morgan fingerprint density at radius 2 is 2.02 bits per heavy atom. The molecule has 44 heavy (non-hydrogen) atoms. The summed E-state index contributed by atoms with van der Waals surface area (Å²) >= 11 is 8.91. The van der Waals surface area contributed by atoms with E-state index >= 15 is 4.39 Å². The molecule has 0 bridgehead atoms. The number of nitrogens with zero attached hydrogens (tertiary/aromatic N) is 8. The van der Waals surface area contributed by atoms with Crippen LogP contribution in [0.25, 0.3) is 22.3 Å². The molecule has 9 atom stereocenters. The van der Waals surface area contributed by atoms with E-state index in [1.165, 1.54) is 17.2 Å². The molecule has 236 valence electrons. The first-order chi connectivity index (χ1) is 20.9. The number of halogens is 1. The first-order valence-electron chi connectivity index (χ1n) is 12.5. The molecular weight excluding hydrogens is 671 g/mol. The van der Waals surface area contributed by atoms with E-state index in [0.717, 1.165) is 4.68 Å². The van der Waals surface area contributed by atoms with Crippen LogP contribution in [0.1, 0.15) is 18.9 Å². The lowest BCUT2D eigenvalue weighted by molar-refractivity contribution is -0.0574. The van der Waals surface area contributed by atoms with Gasteiger partial charge < -0.3 is 40.0 Å². The number of nitrogens with one attached hydrogen (secondary N) is 1. The van der Waals surface area contributed by atoms with Gasteiger partial charge in [0.25, 0.3) is 5.56 Å². The SMILES string of the molecule is Nc1nc2c(nnn2[C@@H]2O[C@H](CO[P+](=O)S)CC2OP(O)(=S)OC[C@H]2O[C@@H](n3cnc4c(N)ncnc43)[C@@H](F)[C@@H]2O)c(=O)[nH]1. The molecule has 0 radical (unpaired) electrons. The molecule has 25 heteroatoms. The highest BCUT2D eigenvalue weighted by Crippen LogP contribution is 2.50. The van der Waals surface area contributed by atoms with E-state index < -0.39 is 69.2 Å². The predicted molar refractivity (Wildman–Crippen MR) is 153 cm³/mol. The molecule has 0 saturated carbocycles. The smallest absolute Gasteiger partial charge is 0.387 e. The lowest BCUT2D eigenvalue weighted by Crippen LogP contribution is -2.31. The number of anilines is 2. The number of hydrogen-bond acceptors (Lipinski definition) is 17. The second kappa shape index (κ2) is 12.2. The number of thiol groups is 1. The van der Waals surface area contributed by atoms with Crippen molar-refractivity contribution in [3.8, 4) is 0 Å². The molecule has 0 spiro atoms. The molecule has 0 aromatic carbocycles. The number of rotatable bonds is 10. The van der Waals surface area contributed by atoms with E-state index in [0.29, 0.717) is 0 Å². The highest BCUT2D eigenvalue weighted by Gasteiger charge is 2.47. The van der Waals surface area contributed by atoms with E-state index in [1.54, 1.807) is 0 Å². The molecule has 7 N–H and O–H groups in total. The second-order valence-electron chi connectivity index (χ2n) is 9.57. The molecule has 2 saturated heterocycles. The number of H-pyrrole nitrogens is 1. The molecule has 20 nitrogen and oxygen atoms in total. The highest BCUT2D eigenvalue weighted by atomic mass is 32.7. The van der Waals surface area contributed by atoms with Crippen LogP contribution in [-0.2, 0) is 39.4 Å². The third kappa shape index (κ3) is 6.05. The van der Waals surface area contributed by atoms with Crippen LogP contribution in [0.4, 0.5) is 16.2 Å². The standard InChI is InChI=1S/C19H22FN11O9P2S2/c20-9-12(32)8(39-18(9)30-5-25-10-13(21)23-4-24-14(10)30)3-37-42(35,44)40-7-1-6(2-36-41(34)43)38-17(7)31-15-11(28-29-31)16(33)27-19(22)26-15/h4-9,12,17-18,32H,1-3H2,(H6-,21,22,23,24,26,27,29,33,34,35,43,44)/p+1/t6-,7?,8+,9-,12+,17+,18+,42?/m0/s1. The van der Waals surface area contributed by atoms with Crippen molar-refractivity contribution in [1.29, 1.82) is 0 Å². The van der Waals surface area contributed by atoms with Crippen LogP contribution in [0, 0.1) is 0 Å². The van der Waals surface area contributed by atoms with Crippen molar-refractivity contribution in [2.75, 3.05) is 24.7 Å². The van der Waals surface area contributed by atoms with Crippen molar-refractivity contribution in [2.45, 2.75) is 49.5 Å². The van der Waals surface area contributed by atoms with E-state index in [2.05, 4.69) is 47.5 Å². The molecule has 6 heterocycles. The first kappa shape index (κ1) is 31.2. The molecule has 4 aromatic heterocycles. The fourth-order valence-electron chi connectivity index (χ4n) is 4.80. The molecule has 2 aliphatic rings. The fourth-order valence-corrected chi connectivity index (χ4v) is 6.74. The normalized spacial score (nSPS) is 29.0. The van der Waals surface area contributed by atoms with Crippen LogP contribution in [0.15, 0.2) is 17.4 Å². The quantitative estimate of drug-likeness (QED) is 0.0912. The van der Waals surface area contributed by atoms with Crippen molar-refractivity contribution in [3.63, 3.8) is 0 Å². The third-order valence-electron chi connectivity index (χ3n) is 6.74. The molecular formula is C19H23FN11O9P2S2+. The third-order valence-corrected chi connectivity index (χ3v) is 9.04. The summed E-state index contributed by atoms with van der Waals surface area (Å²) in [6.45, 7) is -4.91. The summed E-state index contributed by atoms with van der Waals surface area (Å²) < 4.78 is 56.8. The van der Waals surface area contributed by atoms with Crippen LogP contribution in [0.3, 0.4) is 0 Å². The number of ether oxygens (including phenoxy) is 2. The Morgan fingerprint density at radius 3 is 2.80 bits per heavy atom. The molecule has 0 aliphatic carbocycles. The number of aromatic amines is 1. The number of aliphatic hydroxyl groups is 1. The summed E-state index contributed by atoms with van der Waals surface area (Å²) in [7, 11) is -2.26. The van der Waals surface area contributed by atoms with Crippen molar-refractivity contribution in [2.24, 2.45) is 0 Å². The predicted octanol–water partition coefficient (Wildman–Crippen LogP) is -0.375. The monoisotopic (exact) mass is 694 g/mol. The lowest BCUT2D eigenvalue weighted by atomic mass is 10.1. The van der Waals surface area contributed by atoms with Gasteiger partial charge in [0.05, 0.1) is 19.0 Å². The van der Waals surface area contributed by atoms with Gasteiger partial charge in [0, 0.05) is 6.42 Å². The Balaban J connectivity index is 1.17. The van der Waals surface area contributed by atoms with E-state index in [-0.39, 0.29) is 47.1 Å². The van der Waals surface area contributed by atoms with Gasteiger partial charge in [-0.2, -0.15) is 9.67 Å². The number of hydrogen-bond donors (Lipinski definition) is 6. The number of fused-ring (bicyclic) bond motifs is 2. The minimum absolute atomic E-state index is 0.0137. The van der Waals surface area contributed by atoms with Crippen LogP contribution in [0.5, 0.6) is 0 Å². The largest absolute Gasteiger partial charge is 0.582 e. The van der Waals surface area contributed by atoms with Crippen molar-refractivity contribution in [3.05, 3.63) is 23.0 Å². The van der Waals surface area contributed by atoms with Crippen LogP contribution in [0.2, 0.25) is 0 Å². The lowest BCUT2D eigenvalue weighted by Gasteiger charge is -2.25. The number of nitrogen functional groups attached to an aromatic ring is 2. The molecule has 6 rings (SSSR count). The summed E-state index contributed by atoms with van der Waals surface area (Å²) in [4.78, 5) is 41.5. The summed E-state index contributed by atoms with van der Waals surface area (Å²) in [5.74, 6) is -0.142. The van der Waals surface area contributed by atoms with E-state index in [9.17, 15) is 19.4 Å². The Morgan fingerprint density at radius 1 is 1.23 bits per heavy atom. The van der Waals surface area contributed by atoms with Gasteiger partial charge in [-0.3, -0.25) is 14.3 Å². The minimum Gasteiger partial charge on any atom is -0.387 e. The van der Waals surface area contributed by atoms with Gasteiger partial charge in [-0.15, -0.1) is 9.62 Å². The average Bonchev–Trinajstić information content (AvgIpc) is 3.73. The zero-order chi connectivity index (χ0) is 31.3. The maximum atomic E-state index is 15.2. The molecule has 2 aliphatic heterocycles. The Hall–Kier alpha value is -2.82. The van der Waals surface area contributed by atoms with Crippen LogP contribution >= 0.6 is 26.2 Å².